The first-order valence-electron chi connectivity index (χ1n) is 11.3. The zero-order chi connectivity index (χ0) is 24.0. The predicted octanol–water partition coefficient (Wildman–Crippen LogP) is 3.27. The van der Waals surface area contributed by atoms with Crippen LogP contribution in [0.3, 0.4) is 0 Å². The van der Waals surface area contributed by atoms with E-state index in [0.717, 1.165) is 11.1 Å². The minimum atomic E-state index is -0.369. The zero-order valence-electron chi connectivity index (χ0n) is 20.1. The number of amides is 2. The third-order valence-corrected chi connectivity index (χ3v) is 6.01. The van der Waals surface area contributed by atoms with Crippen LogP contribution in [-0.4, -0.2) is 57.7 Å². The molecule has 7 heteroatoms. The summed E-state index contributed by atoms with van der Waals surface area (Å²) in [6, 6.07) is 13.4. The van der Waals surface area contributed by atoms with E-state index in [0.29, 0.717) is 49.2 Å². The molecule has 1 heterocycles. The summed E-state index contributed by atoms with van der Waals surface area (Å²) in [6.45, 7) is 5.53. The number of carbonyl (C=O) groups is 2. The van der Waals surface area contributed by atoms with Gasteiger partial charge in [-0.2, -0.15) is 0 Å². The van der Waals surface area contributed by atoms with Gasteiger partial charge in [-0.3, -0.25) is 9.59 Å². The Morgan fingerprint density at radius 1 is 1.00 bits per heavy atom. The van der Waals surface area contributed by atoms with Gasteiger partial charge < -0.3 is 24.4 Å². The van der Waals surface area contributed by atoms with E-state index in [4.69, 9.17) is 14.2 Å². The van der Waals surface area contributed by atoms with Gasteiger partial charge in [0.25, 0.3) is 0 Å². The molecule has 7 nitrogen and oxygen atoms in total. The second-order valence-electron chi connectivity index (χ2n) is 8.77. The molecule has 2 aromatic rings. The summed E-state index contributed by atoms with van der Waals surface area (Å²) in [4.78, 5) is 28.0. The summed E-state index contributed by atoms with van der Waals surface area (Å²) in [5.41, 5.74) is 1.84. The second-order valence-corrected chi connectivity index (χ2v) is 8.77. The molecule has 0 unspecified atom stereocenters. The summed E-state index contributed by atoms with van der Waals surface area (Å²) in [7, 11) is 4.69. The Bertz CT molecular complexity index is 935. The van der Waals surface area contributed by atoms with Crippen molar-refractivity contribution in [3.05, 3.63) is 53.6 Å². The molecule has 33 heavy (non-hydrogen) atoms. The minimum Gasteiger partial charge on any atom is -0.493 e. The number of benzene rings is 2. The maximum atomic E-state index is 13.2. The van der Waals surface area contributed by atoms with Crippen molar-refractivity contribution in [2.45, 2.75) is 26.2 Å². The van der Waals surface area contributed by atoms with Gasteiger partial charge in [0, 0.05) is 25.6 Å². The van der Waals surface area contributed by atoms with Crippen LogP contribution < -0.4 is 19.5 Å². The van der Waals surface area contributed by atoms with E-state index in [-0.39, 0.29) is 23.7 Å². The third kappa shape index (κ3) is 5.78. The van der Waals surface area contributed by atoms with Gasteiger partial charge >= 0.3 is 0 Å². The topological polar surface area (TPSA) is 77.1 Å². The van der Waals surface area contributed by atoms with Crippen molar-refractivity contribution in [1.82, 2.24) is 10.2 Å². The number of hydrogen-bond donors (Lipinski definition) is 1. The fraction of sp³-hybridized carbons (Fsp3) is 0.462. The lowest BCUT2D eigenvalue weighted by molar-refractivity contribution is -0.130. The third-order valence-electron chi connectivity index (χ3n) is 6.01. The van der Waals surface area contributed by atoms with Crippen molar-refractivity contribution in [3.8, 4) is 17.2 Å². The van der Waals surface area contributed by atoms with E-state index in [1.165, 1.54) is 0 Å². The maximum Gasteiger partial charge on any atom is 0.227 e. The molecule has 2 aromatic carbocycles. The average Bonchev–Trinajstić information content (AvgIpc) is 3.28. The second kappa shape index (κ2) is 11.1. The average molecular weight is 455 g/mol. The first-order valence-corrected chi connectivity index (χ1v) is 11.3. The molecule has 2 atom stereocenters. The number of hydrogen-bond acceptors (Lipinski definition) is 5. The van der Waals surface area contributed by atoms with E-state index in [1.807, 2.05) is 42.5 Å². The standard InChI is InChI=1S/C26H34N2O5/c1-17(2)14-27-26(30)21-16-28(24(29)11-18-9-7-6-8-10-18)15-20(21)19-12-22(31-3)25(33-5)23(13-19)32-4/h6-10,12-13,17,20-21H,11,14-16H2,1-5H3,(H,27,30)/t20-,21-/m1/s1. The monoisotopic (exact) mass is 454 g/mol. The molecule has 1 fully saturated rings. The van der Waals surface area contributed by atoms with Crippen LogP contribution in [0.5, 0.6) is 17.2 Å². The zero-order valence-corrected chi connectivity index (χ0v) is 20.1. The van der Waals surface area contributed by atoms with E-state index >= 15 is 0 Å². The summed E-state index contributed by atoms with van der Waals surface area (Å²) in [5, 5.41) is 3.05. The lowest BCUT2D eigenvalue weighted by Crippen LogP contribution is -2.37. The van der Waals surface area contributed by atoms with Crippen molar-refractivity contribution >= 4 is 11.8 Å². The number of methoxy groups -OCH3 is 3. The molecule has 1 aliphatic heterocycles. The number of ether oxygens (including phenoxy) is 3. The Morgan fingerprint density at radius 2 is 1.64 bits per heavy atom. The van der Waals surface area contributed by atoms with Crippen LogP contribution in [0.2, 0.25) is 0 Å². The van der Waals surface area contributed by atoms with Crippen LogP contribution >= 0.6 is 0 Å². The molecule has 2 amide bonds. The molecule has 0 spiro atoms. The fourth-order valence-corrected chi connectivity index (χ4v) is 4.24. The molecule has 1 saturated heterocycles. The van der Waals surface area contributed by atoms with Crippen molar-refractivity contribution in [3.63, 3.8) is 0 Å². The van der Waals surface area contributed by atoms with Gasteiger partial charge in [0.05, 0.1) is 33.7 Å². The van der Waals surface area contributed by atoms with Gasteiger partial charge in [0.1, 0.15) is 0 Å². The Kier molecular flexibility index (Phi) is 8.20. The van der Waals surface area contributed by atoms with Crippen LogP contribution in [0.25, 0.3) is 0 Å². The number of likely N-dealkylation sites (tertiary alicyclic amines) is 1. The van der Waals surface area contributed by atoms with E-state index in [1.54, 1.807) is 26.2 Å². The molecule has 0 bridgehead atoms. The van der Waals surface area contributed by atoms with Crippen molar-refractivity contribution in [2.24, 2.45) is 11.8 Å². The van der Waals surface area contributed by atoms with Crippen molar-refractivity contribution < 1.29 is 23.8 Å². The van der Waals surface area contributed by atoms with Gasteiger partial charge in [-0.15, -0.1) is 0 Å². The smallest absolute Gasteiger partial charge is 0.227 e. The highest BCUT2D eigenvalue weighted by Crippen LogP contribution is 2.43. The molecule has 1 N–H and O–H groups in total. The quantitative estimate of drug-likeness (QED) is 0.629. The van der Waals surface area contributed by atoms with E-state index in [9.17, 15) is 9.59 Å². The largest absolute Gasteiger partial charge is 0.493 e. The van der Waals surface area contributed by atoms with Crippen LogP contribution in [0.1, 0.15) is 30.9 Å². The first kappa shape index (κ1) is 24.4. The van der Waals surface area contributed by atoms with Crippen LogP contribution in [0, 0.1) is 11.8 Å². The highest BCUT2D eigenvalue weighted by Gasteiger charge is 2.41. The van der Waals surface area contributed by atoms with E-state index < -0.39 is 0 Å². The predicted molar refractivity (Wildman–Crippen MR) is 127 cm³/mol. The summed E-state index contributed by atoms with van der Waals surface area (Å²) < 4.78 is 16.5. The first-order chi connectivity index (χ1) is 15.9. The van der Waals surface area contributed by atoms with Crippen molar-refractivity contribution in [2.75, 3.05) is 41.0 Å². The molecular formula is C26H34N2O5. The molecule has 0 radical (unpaired) electrons. The minimum absolute atomic E-state index is 0.0119. The Labute approximate surface area is 196 Å². The lowest BCUT2D eigenvalue weighted by atomic mass is 9.87. The fourth-order valence-electron chi connectivity index (χ4n) is 4.24. The lowest BCUT2D eigenvalue weighted by Gasteiger charge is -2.21. The Morgan fingerprint density at radius 3 is 2.18 bits per heavy atom. The number of nitrogens with one attached hydrogen (secondary N) is 1. The number of rotatable bonds is 9. The van der Waals surface area contributed by atoms with Crippen LogP contribution in [0.15, 0.2) is 42.5 Å². The maximum absolute atomic E-state index is 13.2. The Hall–Kier alpha value is -3.22. The molecule has 0 aromatic heterocycles. The highest BCUT2D eigenvalue weighted by molar-refractivity contribution is 5.84. The summed E-state index contributed by atoms with van der Waals surface area (Å²) in [6.07, 6.45) is 0.309. The van der Waals surface area contributed by atoms with Gasteiger partial charge in [0.2, 0.25) is 17.6 Å². The van der Waals surface area contributed by atoms with Crippen LogP contribution in [-0.2, 0) is 16.0 Å². The van der Waals surface area contributed by atoms with Gasteiger partial charge in [0.15, 0.2) is 11.5 Å². The van der Waals surface area contributed by atoms with Crippen LogP contribution in [0.4, 0.5) is 0 Å². The highest BCUT2D eigenvalue weighted by atomic mass is 16.5. The molecule has 178 valence electrons. The molecule has 0 aliphatic carbocycles. The summed E-state index contributed by atoms with van der Waals surface area (Å²) in [5.74, 6) is 1.31. The van der Waals surface area contributed by atoms with Gasteiger partial charge in [-0.05, 0) is 29.2 Å². The van der Waals surface area contributed by atoms with Gasteiger partial charge in [-0.25, -0.2) is 0 Å². The summed E-state index contributed by atoms with van der Waals surface area (Å²) >= 11 is 0. The molecule has 0 saturated carbocycles. The van der Waals surface area contributed by atoms with Gasteiger partial charge in [-0.1, -0.05) is 44.2 Å². The van der Waals surface area contributed by atoms with E-state index in [2.05, 4.69) is 19.2 Å². The number of carbonyl (C=O) groups excluding carboxylic acids is 2. The normalized spacial score (nSPS) is 17.7. The van der Waals surface area contributed by atoms with Crippen molar-refractivity contribution in [1.29, 1.82) is 0 Å². The number of nitrogens with zero attached hydrogens (tertiary/aromatic N) is 1. The molecule has 3 rings (SSSR count). The molecular weight excluding hydrogens is 420 g/mol. The Balaban J connectivity index is 1.90. The SMILES string of the molecule is COc1cc([C@H]2CN(C(=O)Cc3ccccc3)C[C@H]2C(=O)NCC(C)C)cc(OC)c1OC. The molecule has 1 aliphatic rings.